The highest BCUT2D eigenvalue weighted by Crippen LogP contribution is 2.40. The number of fused-ring (bicyclic) bond motifs is 3. The highest BCUT2D eigenvalue weighted by Gasteiger charge is 2.45. The Morgan fingerprint density at radius 2 is 1.62 bits per heavy atom. The minimum atomic E-state index is -1.00. The number of aliphatic hydroxyl groups excluding tert-OH is 1. The maximum atomic E-state index is 14.4. The number of thiophene rings is 1. The van der Waals surface area contributed by atoms with Crippen molar-refractivity contribution in [3.63, 3.8) is 0 Å². The molecule has 18 heteroatoms. The molecule has 3 aliphatic heterocycles. The van der Waals surface area contributed by atoms with E-state index in [2.05, 4.69) is 68.8 Å². The van der Waals surface area contributed by atoms with Crippen LogP contribution in [0.1, 0.15) is 120 Å². The summed E-state index contributed by atoms with van der Waals surface area (Å²) in [6.45, 7) is 16.9. The maximum absolute atomic E-state index is 14.4. The van der Waals surface area contributed by atoms with Crippen LogP contribution in [-0.4, -0.2) is 108 Å². The summed E-state index contributed by atoms with van der Waals surface area (Å²) in [5.41, 5.74) is 9.05. The molecule has 3 aromatic heterocycles. The Morgan fingerprint density at radius 3 is 2.29 bits per heavy atom. The number of carboxylic acids is 1. The molecule has 0 bridgehead atoms. The van der Waals surface area contributed by atoms with Gasteiger partial charge in [0.1, 0.15) is 40.8 Å². The zero-order valence-electron chi connectivity index (χ0n) is 41.8. The van der Waals surface area contributed by atoms with Crippen molar-refractivity contribution in [1.29, 1.82) is 0 Å². The van der Waals surface area contributed by atoms with Crippen LogP contribution in [0.3, 0.4) is 0 Å². The number of amides is 3. The minimum Gasteiger partial charge on any atom is -0.490 e. The second-order valence-corrected chi connectivity index (χ2v) is 22.2. The fourth-order valence-electron chi connectivity index (χ4n) is 9.89. The van der Waals surface area contributed by atoms with Gasteiger partial charge in [0.05, 0.1) is 40.4 Å². The zero-order valence-corrected chi connectivity index (χ0v) is 43.4. The van der Waals surface area contributed by atoms with Crippen molar-refractivity contribution in [1.82, 2.24) is 35.3 Å². The molecular weight excluding hydrogens is 951 g/mol. The summed E-state index contributed by atoms with van der Waals surface area (Å²) in [5, 5.41) is 36.3. The molecule has 3 amide bonds. The lowest BCUT2D eigenvalue weighted by Crippen LogP contribution is -2.57. The molecule has 2 unspecified atom stereocenters. The van der Waals surface area contributed by atoms with Gasteiger partial charge >= 0.3 is 5.97 Å². The molecule has 6 aromatic rings. The summed E-state index contributed by atoms with van der Waals surface area (Å²) >= 11 is 3.21. The standard InChI is InChI=1S/C54H61N9O7S2/c1-29-32(4)72-53-45(29)46(57-42(26-44(65)66)49-60-59-33(5)63(49)53)35-16-18-38(19-17-35)61-22-20-40(21-23-61)70-41-11-9-10-37(24-41)50(67)58-48(54(6,7)8)52(69)62-27-39(64)25-43(62)51(68)56-30(2)34-12-14-36(15-13-34)47-31(3)55-28-71-47/h9-19,24,28,30,39-40,42-43,48,64H,20-23,25-27H2,1-8H3,(H,56,68)(H,58,67)(H,65,66)/t30?,39-,42+,43+,48?/m1/s1. The summed E-state index contributed by atoms with van der Waals surface area (Å²) in [5.74, 6) is -0.477. The number of ether oxygens (including phenoxy) is 1. The minimum absolute atomic E-state index is 0.0296. The van der Waals surface area contributed by atoms with Crippen molar-refractivity contribution in [2.45, 2.75) is 117 Å². The fraction of sp³-hybridized carbons (Fsp3) is 0.407. The van der Waals surface area contributed by atoms with Gasteiger partial charge in [-0.05, 0) is 87.1 Å². The van der Waals surface area contributed by atoms with E-state index in [0.717, 1.165) is 85.6 Å². The molecular formula is C54H61N9O7S2. The van der Waals surface area contributed by atoms with Crippen LogP contribution in [0.25, 0.3) is 15.4 Å². The van der Waals surface area contributed by atoms with Gasteiger partial charge in [0, 0.05) is 66.2 Å². The number of aliphatic imine (C=N–C) groups is 1. The largest absolute Gasteiger partial charge is 0.490 e. The van der Waals surface area contributed by atoms with E-state index in [-0.39, 0.29) is 37.4 Å². The van der Waals surface area contributed by atoms with E-state index in [1.54, 1.807) is 40.9 Å². The Labute approximate surface area is 427 Å². The van der Waals surface area contributed by atoms with Crippen molar-refractivity contribution in [3.8, 4) is 21.2 Å². The lowest BCUT2D eigenvalue weighted by atomic mass is 9.85. The number of hydrogen-bond donors (Lipinski definition) is 4. The summed E-state index contributed by atoms with van der Waals surface area (Å²) in [6, 6.07) is 20.2. The van der Waals surface area contributed by atoms with Gasteiger partial charge in [-0.3, -0.25) is 28.7 Å². The van der Waals surface area contributed by atoms with Crippen molar-refractivity contribution >= 4 is 57.8 Å². The molecule has 2 saturated heterocycles. The number of nitrogens with one attached hydrogen (secondary N) is 2. The number of nitrogens with zero attached hydrogens (tertiary/aromatic N) is 7. The van der Waals surface area contributed by atoms with Crippen LogP contribution >= 0.6 is 22.7 Å². The molecule has 0 radical (unpaired) electrons. The third-order valence-corrected chi connectivity index (χ3v) is 16.2. The van der Waals surface area contributed by atoms with Crippen LogP contribution in [-0.2, 0) is 14.4 Å². The predicted octanol–water partition coefficient (Wildman–Crippen LogP) is 8.08. The molecule has 0 saturated carbocycles. The quantitative estimate of drug-likeness (QED) is 0.0871. The lowest BCUT2D eigenvalue weighted by Gasteiger charge is -2.35. The molecule has 5 atom stereocenters. The Morgan fingerprint density at radius 1 is 0.917 bits per heavy atom. The number of aromatic nitrogens is 4. The van der Waals surface area contributed by atoms with Gasteiger partial charge in [-0.15, -0.1) is 32.9 Å². The highest BCUT2D eigenvalue weighted by atomic mass is 32.1. The van der Waals surface area contributed by atoms with Crippen LogP contribution in [0.15, 0.2) is 83.3 Å². The molecule has 16 nitrogen and oxygen atoms in total. The number of carboxylic acid groups (broad SMARTS) is 1. The number of benzene rings is 3. The molecule has 4 N–H and O–H groups in total. The fourth-order valence-corrected chi connectivity index (χ4v) is 11.9. The molecule has 0 aliphatic carbocycles. The topological polar surface area (TPSA) is 204 Å². The van der Waals surface area contributed by atoms with E-state index < -0.39 is 47.4 Å². The average Bonchev–Trinajstić information content (AvgIpc) is 4.12. The molecule has 6 heterocycles. The molecule has 3 aromatic carbocycles. The summed E-state index contributed by atoms with van der Waals surface area (Å²) in [7, 11) is 0. The summed E-state index contributed by atoms with van der Waals surface area (Å²) < 4.78 is 8.43. The van der Waals surface area contributed by atoms with Crippen LogP contribution in [0.4, 0.5) is 5.69 Å². The monoisotopic (exact) mass is 1010 g/mol. The Kier molecular flexibility index (Phi) is 14.2. The number of piperidine rings is 1. The number of carbonyl (C=O) groups excluding carboxylic acids is 3. The summed E-state index contributed by atoms with van der Waals surface area (Å²) in [4.78, 5) is 69.6. The molecule has 72 heavy (non-hydrogen) atoms. The van der Waals surface area contributed by atoms with Gasteiger partial charge in [-0.25, -0.2) is 4.98 Å². The third kappa shape index (κ3) is 10.3. The van der Waals surface area contributed by atoms with Crippen molar-refractivity contribution < 1.29 is 34.1 Å². The van der Waals surface area contributed by atoms with Gasteiger partial charge in [0.2, 0.25) is 11.8 Å². The van der Waals surface area contributed by atoms with Crippen molar-refractivity contribution in [3.05, 3.63) is 128 Å². The number of likely N-dealkylation sites (tertiary alicyclic amines) is 1. The number of aliphatic hydroxyl groups is 1. The first kappa shape index (κ1) is 50.2. The number of anilines is 1. The first-order valence-corrected chi connectivity index (χ1v) is 26.1. The third-order valence-electron chi connectivity index (χ3n) is 14.0. The van der Waals surface area contributed by atoms with Crippen LogP contribution < -0.4 is 20.3 Å². The molecule has 3 aliphatic rings. The van der Waals surface area contributed by atoms with E-state index in [1.807, 2.05) is 82.0 Å². The van der Waals surface area contributed by atoms with Crippen LogP contribution in [0, 0.1) is 33.1 Å². The second kappa shape index (κ2) is 20.4. The molecule has 2 fully saturated rings. The molecule has 9 rings (SSSR count). The van der Waals surface area contributed by atoms with E-state index in [4.69, 9.17) is 9.73 Å². The SMILES string of the molecule is Cc1ncsc1-c1ccc(C(C)NC(=O)[C@@H]2C[C@@H](O)CN2C(=O)C(NC(=O)c2cccc(OC3CCN(c4ccc(C5=N[C@@H](CC(=O)O)c6nnc(C)n6-c6sc(C)c(C)c65)cc4)CC3)c2)C(C)(C)C)cc1. The second-order valence-electron chi connectivity index (χ2n) is 20.2. The van der Waals surface area contributed by atoms with Gasteiger partial charge in [0.15, 0.2) is 5.82 Å². The number of aliphatic carboxylic acids is 1. The first-order chi connectivity index (χ1) is 34.3. The first-order valence-electron chi connectivity index (χ1n) is 24.4. The van der Waals surface area contributed by atoms with E-state index in [1.165, 1.54) is 4.90 Å². The zero-order chi connectivity index (χ0) is 51.2. The smallest absolute Gasteiger partial charge is 0.306 e. The number of carbonyl (C=O) groups is 4. The molecule has 0 spiro atoms. The Balaban J connectivity index is 0.819. The predicted molar refractivity (Wildman–Crippen MR) is 279 cm³/mol. The number of aryl methyl sites for hydroxylation is 3. The highest BCUT2D eigenvalue weighted by molar-refractivity contribution is 7.15. The van der Waals surface area contributed by atoms with Crippen LogP contribution in [0.2, 0.25) is 0 Å². The van der Waals surface area contributed by atoms with E-state index >= 15 is 0 Å². The normalized spacial score (nSPS) is 18.9. The van der Waals surface area contributed by atoms with Crippen molar-refractivity contribution in [2.24, 2.45) is 10.4 Å². The van der Waals surface area contributed by atoms with Crippen LogP contribution in [0.5, 0.6) is 5.75 Å². The number of β-amino-alcohol motifs (C(OH)–C–C–N with tert-alkyl or cyclic N) is 1. The average molecular weight is 1010 g/mol. The Hall–Kier alpha value is -6.76. The molecule has 376 valence electrons. The summed E-state index contributed by atoms with van der Waals surface area (Å²) in [6.07, 6.45) is 0.370. The maximum Gasteiger partial charge on any atom is 0.306 e. The number of hydrogen-bond acceptors (Lipinski definition) is 13. The van der Waals surface area contributed by atoms with E-state index in [9.17, 15) is 29.4 Å². The number of thiazole rings is 1. The van der Waals surface area contributed by atoms with Gasteiger partial charge in [-0.1, -0.05) is 63.2 Å². The van der Waals surface area contributed by atoms with Gasteiger partial charge in [-0.2, -0.15) is 0 Å². The van der Waals surface area contributed by atoms with E-state index in [0.29, 0.717) is 23.0 Å². The number of rotatable bonds is 13. The lowest BCUT2D eigenvalue weighted by molar-refractivity contribution is -0.142. The van der Waals surface area contributed by atoms with Gasteiger partial charge < -0.3 is 35.4 Å². The Bertz CT molecular complexity index is 3040. The van der Waals surface area contributed by atoms with Crippen molar-refractivity contribution in [2.75, 3.05) is 24.5 Å². The van der Waals surface area contributed by atoms with Gasteiger partial charge in [0.25, 0.3) is 5.91 Å².